The molecule has 2 N–H and O–H groups in total. The van der Waals surface area contributed by atoms with Crippen molar-refractivity contribution in [1.29, 1.82) is 0 Å². The predicted octanol–water partition coefficient (Wildman–Crippen LogP) is 4.53. The van der Waals surface area contributed by atoms with Crippen LogP contribution < -0.4 is 10.5 Å². The Labute approximate surface area is 117 Å². The molecular weight excluding hydrogens is 327 g/mol. The number of benzene rings is 1. The molecule has 0 saturated heterocycles. The molecule has 0 amide bonds. The molecule has 1 aromatic carbocycles. The second-order valence-corrected chi connectivity index (χ2v) is 4.93. The molecule has 0 unspecified atom stereocenters. The Morgan fingerprint density at radius 3 is 2.65 bits per heavy atom. The van der Waals surface area contributed by atoms with E-state index in [9.17, 15) is 0 Å². The van der Waals surface area contributed by atoms with E-state index in [1.807, 2.05) is 0 Å². The van der Waals surface area contributed by atoms with E-state index in [2.05, 4.69) is 20.9 Å². The highest BCUT2D eigenvalue weighted by molar-refractivity contribution is 9.10. The summed E-state index contributed by atoms with van der Waals surface area (Å²) in [4.78, 5) is 4.00. The van der Waals surface area contributed by atoms with Crippen LogP contribution in [0.5, 0.6) is 11.6 Å². The fraction of sp³-hybridized carbons (Fsp3) is 0. The minimum absolute atomic E-state index is 0.295. The maximum atomic E-state index is 5.95. The highest BCUT2D eigenvalue weighted by Gasteiger charge is 2.08. The molecule has 1 aromatic heterocycles. The summed E-state index contributed by atoms with van der Waals surface area (Å²) in [6.07, 6.45) is 1.48. The van der Waals surface area contributed by atoms with Crippen molar-refractivity contribution in [3.63, 3.8) is 0 Å². The van der Waals surface area contributed by atoms with Crippen molar-refractivity contribution in [2.45, 2.75) is 0 Å². The molecule has 17 heavy (non-hydrogen) atoms. The lowest BCUT2D eigenvalue weighted by Crippen LogP contribution is -1.92. The Bertz CT molecular complexity index is 514. The summed E-state index contributed by atoms with van der Waals surface area (Å²) in [5.74, 6) is 0.873. The summed E-state index contributed by atoms with van der Waals surface area (Å²) in [6, 6.07) is 6.74. The Morgan fingerprint density at radius 1 is 1.24 bits per heavy atom. The number of pyridine rings is 1. The van der Waals surface area contributed by atoms with Crippen LogP contribution in [0.25, 0.3) is 0 Å². The summed E-state index contributed by atoms with van der Waals surface area (Å²) in [5, 5.41) is 0.965. The lowest BCUT2D eigenvalue weighted by molar-refractivity contribution is 0.460. The summed E-state index contributed by atoms with van der Waals surface area (Å²) in [7, 11) is 0. The van der Waals surface area contributed by atoms with E-state index >= 15 is 0 Å². The number of hydrogen-bond donors (Lipinski definition) is 1. The average molecular weight is 334 g/mol. The van der Waals surface area contributed by atoms with Gasteiger partial charge in [-0.25, -0.2) is 4.98 Å². The van der Waals surface area contributed by atoms with Gasteiger partial charge in [0, 0.05) is 5.02 Å². The lowest BCUT2D eigenvalue weighted by Gasteiger charge is -2.08. The molecule has 0 aliphatic carbocycles. The molecule has 0 saturated carbocycles. The first-order valence-corrected chi connectivity index (χ1v) is 6.15. The van der Waals surface area contributed by atoms with E-state index in [0.29, 0.717) is 27.4 Å². The first-order chi connectivity index (χ1) is 8.06. The first kappa shape index (κ1) is 12.5. The van der Waals surface area contributed by atoms with E-state index in [1.54, 1.807) is 24.3 Å². The van der Waals surface area contributed by atoms with E-state index in [1.165, 1.54) is 6.20 Å². The fourth-order valence-electron chi connectivity index (χ4n) is 1.18. The van der Waals surface area contributed by atoms with Gasteiger partial charge in [-0.3, -0.25) is 0 Å². The minimum Gasteiger partial charge on any atom is -0.436 e. The molecule has 0 aliphatic rings. The van der Waals surface area contributed by atoms with Gasteiger partial charge in [0.1, 0.15) is 10.8 Å². The van der Waals surface area contributed by atoms with Gasteiger partial charge in [-0.15, -0.1) is 0 Å². The van der Waals surface area contributed by atoms with Gasteiger partial charge in [0.05, 0.1) is 16.4 Å². The number of halogens is 3. The molecule has 2 rings (SSSR count). The zero-order valence-electron chi connectivity index (χ0n) is 8.45. The number of anilines is 1. The van der Waals surface area contributed by atoms with Gasteiger partial charge in [-0.2, -0.15) is 0 Å². The highest BCUT2D eigenvalue weighted by atomic mass is 79.9. The number of rotatable bonds is 2. The van der Waals surface area contributed by atoms with Crippen LogP contribution in [0.1, 0.15) is 0 Å². The number of nitrogen functional groups attached to an aromatic ring is 1. The fourth-order valence-corrected chi connectivity index (χ4v) is 2.15. The van der Waals surface area contributed by atoms with Gasteiger partial charge in [-0.05, 0) is 40.2 Å². The lowest BCUT2D eigenvalue weighted by atomic mass is 10.3. The molecule has 2 aromatic rings. The van der Waals surface area contributed by atoms with Crippen LogP contribution in [-0.2, 0) is 0 Å². The van der Waals surface area contributed by atoms with Crippen LogP contribution in [0.2, 0.25) is 10.0 Å². The first-order valence-electron chi connectivity index (χ1n) is 4.60. The predicted molar refractivity (Wildman–Crippen MR) is 72.9 cm³/mol. The zero-order chi connectivity index (χ0) is 12.4. The zero-order valence-corrected chi connectivity index (χ0v) is 11.6. The van der Waals surface area contributed by atoms with Crippen LogP contribution in [-0.4, -0.2) is 4.98 Å². The van der Waals surface area contributed by atoms with Crippen molar-refractivity contribution < 1.29 is 4.74 Å². The molecule has 0 atom stereocenters. The summed E-state index contributed by atoms with van der Waals surface area (Å²) >= 11 is 15.1. The summed E-state index contributed by atoms with van der Waals surface area (Å²) in [6.45, 7) is 0. The number of nitrogens with two attached hydrogens (primary N) is 1. The molecule has 0 spiro atoms. The number of nitrogens with zero attached hydrogens (tertiary/aromatic N) is 1. The molecule has 1 heterocycles. The van der Waals surface area contributed by atoms with Crippen molar-refractivity contribution in [3.8, 4) is 11.6 Å². The SMILES string of the molecule is Nc1cnc(Oc2ccc(Cl)cc2Br)c(Cl)c1. The van der Waals surface area contributed by atoms with Gasteiger partial charge >= 0.3 is 0 Å². The molecule has 0 radical (unpaired) electrons. The van der Waals surface area contributed by atoms with Crippen molar-refractivity contribution in [2.75, 3.05) is 5.73 Å². The molecule has 3 nitrogen and oxygen atoms in total. The third-order valence-electron chi connectivity index (χ3n) is 1.93. The van der Waals surface area contributed by atoms with Crippen LogP contribution in [0.3, 0.4) is 0 Å². The van der Waals surface area contributed by atoms with Crippen LogP contribution >= 0.6 is 39.1 Å². The van der Waals surface area contributed by atoms with Gasteiger partial charge in [0.15, 0.2) is 0 Å². The Kier molecular flexibility index (Phi) is 3.76. The van der Waals surface area contributed by atoms with Crippen LogP contribution in [0.15, 0.2) is 34.9 Å². The van der Waals surface area contributed by atoms with E-state index in [4.69, 9.17) is 33.7 Å². The topological polar surface area (TPSA) is 48.1 Å². The average Bonchev–Trinajstić information content (AvgIpc) is 2.25. The summed E-state index contributed by atoms with van der Waals surface area (Å²) < 4.78 is 6.27. The minimum atomic E-state index is 0.295. The van der Waals surface area contributed by atoms with Gasteiger partial charge in [-0.1, -0.05) is 23.2 Å². The third kappa shape index (κ3) is 3.03. The van der Waals surface area contributed by atoms with Crippen LogP contribution in [0, 0.1) is 0 Å². The molecule has 0 bridgehead atoms. The quantitative estimate of drug-likeness (QED) is 0.878. The maximum absolute atomic E-state index is 5.95. The molecular formula is C11H7BrCl2N2O. The second-order valence-electron chi connectivity index (χ2n) is 3.23. The Balaban J connectivity index is 2.31. The standard InChI is InChI=1S/C11H7BrCl2N2O/c12-8-3-6(13)1-2-10(8)17-11-9(14)4-7(15)5-16-11/h1-5H,15H2. The highest BCUT2D eigenvalue weighted by Crippen LogP contribution is 2.34. The second kappa shape index (κ2) is 5.12. The van der Waals surface area contributed by atoms with Crippen molar-refractivity contribution in [2.24, 2.45) is 0 Å². The van der Waals surface area contributed by atoms with Gasteiger partial charge < -0.3 is 10.5 Å². The molecule has 0 fully saturated rings. The van der Waals surface area contributed by atoms with Crippen molar-refractivity contribution in [1.82, 2.24) is 4.98 Å². The number of hydrogen-bond acceptors (Lipinski definition) is 3. The molecule has 0 aliphatic heterocycles. The van der Waals surface area contributed by atoms with E-state index in [0.717, 1.165) is 4.47 Å². The largest absolute Gasteiger partial charge is 0.436 e. The van der Waals surface area contributed by atoms with Gasteiger partial charge in [0.25, 0.3) is 0 Å². The van der Waals surface area contributed by atoms with Crippen LogP contribution in [0.4, 0.5) is 5.69 Å². The normalized spacial score (nSPS) is 10.3. The van der Waals surface area contributed by atoms with E-state index in [-0.39, 0.29) is 0 Å². The molecule has 6 heteroatoms. The monoisotopic (exact) mass is 332 g/mol. The van der Waals surface area contributed by atoms with Crippen molar-refractivity contribution in [3.05, 3.63) is 45.0 Å². The number of ether oxygens (including phenoxy) is 1. The summed E-state index contributed by atoms with van der Waals surface area (Å²) in [5.41, 5.74) is 6.03. The third-order valence-corrected chi connectivity index (χ3v) is 3.05. The smallest absolute Gasteiger partial charge is 0.238 e. The maximum Gasteiger partial charge on any atom is 0.238 e. The van der Waals surface area contributed by atoms with Crippen molar-refractivity contribution >= 4 is 44.8 Å². The van der Waals surface area contributed by atoms with E-state index < -0.39 is 0 Å². The van der Waals surface area contributed by atoms with Gasteiger partial charge in [0.2, 0.25) is 5.88 Å². The number of aromatic nitrogens is 1. The Hall–Kier alpha value is -0.970. The molecule has 88 valence electrons. The Morgan fingerprint density at radius 2 is 2.00 bits per heavy atom.